The monoisotopic (exact) mass is 246 g/mol. The Balaban J connectivity index is 2.35. The van der Waals surface area contributed by atoms with E-state index in [0.717, 1.165) is 16.8 Å². The molecule has 1 fully saturated rings. The minimum absolute atomic E-state index is 0.559. The van der Waals surface area contributed by atoms with Crippen molar-refractivity contribution in [3.63, 3.8) is 0 Å². The lowest BCUT2D eigenvalue weighted by Gasteiger charge is -2.15. The molecule has 0 radical (unpaired) electrons. The van der Waals surface area contributed by atoms with E-state index in [1.807, 2.05) is 4.98 Å². The molecule has 2 rings (SSSR count). The molecule has 0 aromatic carbocycles. The highest BCUT2D eigenvalue weighted by molar-refractivity contribution is 4.93. The standard InChI is InChI=1S/C9H11FN2O5/c10-6-7(15)4(3-13)17-8(6)12-2-1-5(14)11-9(12)16/h1-2,4,6-8,13,15H,3H2,(H,11,14,16)/t4-,6?,7+,8-/m1/s1. The van der Waals surface area contributed by atoms with E-state index in [1.54, 1.807) is 0 Å². The summed E-state index contributed by atoms with van der Waals surface area (Å²) in [7, 11) is 0. The molecule has 0 aliphatic carbocycles. The summed E-state index contributed by atoms with van der Waals surface area (Å²) >= 11 is 0. The average molecular weight is 246 g/mol. The molecule has 2 heterocycles. The SMILES string of the molecule is O=c1ccn([C@@H]2O[C@H](CO)[C@H](O)C2F)c(=O)[nH]1. The number of ether oxygens (including phenoxy) is 1. The number of aliphatic hydroxyl groups excluding tert-OH is 2. The molecule has 1 aromatic rings. The van der Waals surface area contributed by atoms with Gasteiger partial charge in [0.05, 0.1) is 6.61 Å². The van der Waals surface area contributed by atoms with Crippen molar-refractivity contribution in [1.82, 2.24) is 9.55 Å². The van der Waals surface area contributed by atoms with Crippen LogP contribution in [0.4, 0.5) is 4.39 Å². The maximum atomic E-state index is 13.6. The molecular formula is C9H11FN2O5. The van der Waals surface area contributed by atoms with E-state index in [4.69, 9.17) is 9.84 Å². The van der Waals surface area contributed by atoms with Crippen molar-refractivity contribution in [2.75, 3.05) is 6.61 Å². The molecule has 0 spiro atoms. The summed E-state index contributed by atoms with van der Waals surface area (Å²) in [5.74, 6) is 0. The van der Waals surface area contributed by atoms with Crippen molar-refractivity contribution < 1.29 is 19.3 Å². The van der Waals surface area contributed by atoms with Gasteiger partial charge in [0.2, 0.25) is 0 Å². The number of hydrogen-bond donors (Lipinski definition) is 3. The zero-order valence-corrected chi connectivity index (χ0v) is 8.62. The molecule has 0 bridgehead atoms. The Morgan fingerprint density at radius 1 is 1.53 bits per heavy atom. The first-order valence-electron chi connectivity index (χ1n) is 4.94. The average Bonchev–Trinajstić information content (AvgIpc) is 2.57. The summed E-state index contributed by atoms with van der Waals surface area (Å²) in [6, 6.07) is 1.04. The molecule has 1 saturated heterocycles. The van der Waals surface area contributed by atoms with Gasteiger partial charge in [-0.2, -0.15) is 0 Å². The molecule has 4 atom stereocenters. The number of nitrogens with one attached hydrogen (secondary N) is 1. The van der Waals surface area contributed by atoms with Crippen LogP contribution in [0.2, 0.25) is 0 Å². The summed E-state index contributed by atoms with van der Waals surface area (Å²) in [4.78, 5) is 24.2. The van der Waals surface area contributed by atoms with Crippen LogP contribution in [0.3, 0.4) is 0 Å². The van der Waals surface area contributed by atoms with Crippen LogP contribution < -0.4 is 11.2 Å². The van der Waals surface area contributed by atoms with Crippen molar-refractivity contribution in [1.29, 1.82) is 0 Å². The highest BCUT2D eigenvalue weighted by Crippen LogP contribution is 2.30. The number of hydrogen-bond acceptors (Lipinski definition) is 5. The van der Waals surface area contributed by atoms with Gasteiger partial charge in [-0.1, -0.05) is 0 Å². The Hall–Kier alpha value is -1.51. The number of H-pyrrole nitrogens is 1. The molecule has 0 saturated carbocycles. The summed E-state index contributed by atoms with van der Waals surface area (Å²) in [5, 5.41) is 18.2. The topological polar surface area (TPSA) is 105 Å². The van der Waals surface area contributed by atoms with E-state index in [0.29, 0.717) is 0 Å². The molecular weight excluding hydrogens is 235 g/mol. The minimum atomic E-state index is -1.85. The number of aromatic amines is 1. The fraction of sp³-hybridized carbons (Fsp3) is 0.556. The van der Waals surface area contributed by atoms with E-state index in [1.165, 1.54) is 0 Å². The van der Waals surface area contributed by atoms with Gasteiger partial charge in [0.1, 0.15) is 12.2 Å². The second kappa shape index (κ2) is 4.40. The highest BCUT2D eigenvalue weighted by Gasteiger charge is 2.45. The third-order valence-electron chi connectivity index (χ3n) is 2.60. The second-order valence-corrected chi connectivity index (χ2v) is 3.70. The number of rotatable bonds is 2. The van der Waals surface area contributed by atoms with E-state index in [9.17, 15) is 19.1 Å². The predicted molar refractivity (Wildman–Crippen MR) is 53.2 cm³/mol. The Morgan fingerprint density at radius 3 is 2.76 bits per heavy atom. The quantitative estimate of drug-likeness (QED) is 0.567. The van der Waals surface area contributed by atoms with Gasteiger partial charge in [-0.25, -0.2) is 9.18 Å². The largest absolute Gasteiger partial charge is 0.394 e. The Kier molecular flexibility index (Phi) is 3.09. The Bertz CT molecular complexity index is 513. The lowest BCUT2D eigenvalue weighted by atomic mass is 10.1. The van der Waals surface area contributed by atoms with Gasteiger partial charge in [0, 0.05) is 12.3 Å². The maximum absolute atomic E-state index is 13.6. The van der Waals surface area contributed by atoms with Crippen LogP contribution in [0.25, 0.3) is 0 Å². The molecule has 17 heavy (non-hydrogen) atoms. The Labute approximate surface area is 94.1 Å². The molecule has 1 aliphatic rings. The Morgan fingerprint density at radius 2 is 2.24 bits per heavy atom. The van der Waals surface area contributed by atoms with Crippen molar-refractivity contribution >= 4 is 0 Å². The fourth-order valence-corrected chi connectivity index (χ4v) is 1.71. The molecule has 94 valence electrons. The number of aromatic nitrogens is 2. The van der Waals surface area contributed by atoms with Gasteiger partial charge in [0.15, 0.2) is 12.4 Å². The van der Waals surface area contributed by atoms with Crippen LogP contribution in [0.1, 0.15) is 6.23 Å². The van der Waals surface area contributed by atoms with Crippen molar-refractivity contribution in [2.24, 2.45) is 0 Å². The third kappa shape index (κ3) is 2.02. The lowest BCUT2D eigenvalue weighted by molar-refractivity contribution is -0.0491. The van der Waals surface area contributed by atoms with Crippen LogP contribution >= 0.6 is 0 Å². The van der Waals surface area contributed by atoms with E-state index in [2.05, 4.69) is 0 Å². The third-order valence-corrected chi connectivity index (χ3v) is 2.60. The van der Waals surface area contributed by atoms with Gasteiger partial charge >= 0.3 is 5.69 Å². The molecule has 8 heteroatoms. The minimum Gasteiger partial charge on any atom is -0.394 e. The molecule has 1 unspecified atom stereocenters. The number of alkyl halides is 1. The zero-order chi connectivity index (χ0) is 12.6. The van der Waals surface area contributed by atoms with Crippen LogP contribution in [0.15, 0.2) is 21.9 Å². The molecule has 1 aliphatic heterocycles. The summed E-state index contributed by atoms with van der Waals surface area (Å²) in [6.07, 6.45) is -4.73. The van der Waals surface area contributed by atoms with Gasteiger partial charge in [-0.05, 0) is 0 Å². The van der Waals surface area contributed by atoms with E-state index < -0.39 is 42.5 Å². The van der Waals surface area contributed by atoms with E-state index >= 15 is 0 Å². The number of aliphatic hydroxyl groups is 2. The first kappa shape index (κ1) is 12.0. The normalized spacial score (nSPS) is 32.9. The molecule has 1 aromatic heterocycles. The molecule has 0 amide bonds. The van der Waals surface area contributed by atoms with Gasteiger partial charge in [-0.15, -0.1) is 0 Å². The first-order chi connectivity index (χ1) is 8.04. The van der Waals surface area contributed by atoms with Gasteiger partial charge in [0.25, 0.3) is 5.56 Å². The van der Waals surface area contributed by atoms with Crippen molar-refractivity contribution in [3.05, 3.63) is 33.1 Å². The summed E-state index contributed by atoms with van der Waals surface area (Å²) < 4.78 is 19.5. The number of halogens is 1. The summed E-state index contributed by atoms with van der Waals surface area (Å²) in [6.45, 7) is -0.559. The summed E-state index contributed by atoms with van der Waals surface area (Å²) in [5.41, 5.74) is -1.45. The van der Waals surface area contributed by atoms with Crippen LogP contribution in [-0.4, -0.2) is 44.8 Å². The number of nitrogens with zero attached hydrogens (tertiary/aromatic N) is 1. The highest BCUT2D eigenvalue weighted by atomic mass is 19.1. The first-order valence-corrected chi connectivity index (χ1v) is 4.94. The predicted octanol–water partition coefficient (Wildman–Crippen LogP) is -1.87. The van der Waals surface area contributed by atoms with Gasteiger partial charge in [-0.3, -0.25) is 14.3 Å². The zero-order valence-electron chi connectivity index (χ0n) is 8.62. The van der Waals surface area contributed by atoms with Gasteiger partial charge < -0.3 is 14.9 Å². The van der Waals surface area contributed by atoms with E-state index in [-0.39, 0.29) is 0 Å². The second-order valence-electron chi connectivity index (χ2n) is 3.70. The maximum Gasteiger partial charge on any atom is 0.330 e. The van der Waals surface area contributed by atoms with Crippen LogP contribution in [0.5, 0.6) is 0 Å². The lowest BCUT2D eigenvalue weighted by Crippen LogP contribution is -2.35. The molecule has 3 N–H and O–H groups in total. The van der Waals surface area contributed by atoms with Crippen molar-refractivity contribution in [2.45, 2.75) is 24.6 Å². The molecule has 7 nitrogen and oxygen atoms in total. The van der Waals surface area contributed by atoms with Crippen LogP contribution in [0, 0.1) is 0 Å². The fourth-order valence-electron chi connectivity index (χ4n) is 1.71. The smallest absolute Gasteiger partial charge is 0.330 e. The van der Waals surface area contributed by atoms with Crippen LogP contribution in [-0.2, 0) is 4.74 Å². The van der Waals surface area contributed by atoms with Crippen molar-refractivity contribution in [3.8, 4) is 0 Å².